The number of amides is 2. The zero-order valence-corrected chi connectivity index (χ0v) is 13.4. The van der Waals surface area contributed by atoms with E-state index in [1.165, 1.54) is 0 Å². The molecule has 2 aliphatic rings. The predicted molar refractivity (Wildman–Crippen MR) is 83.4 cm³/mol. The molecule has 1 aromatic rings. The van der Waals surface area contributed by atoms with Crippen LogP contribution in [0.3, 0.4) is 0 Å². The van der Waals surface area contributed by atoms with Crippen LogP contribution in [0.15, 0.2) is 24.3 Å². The van der Waals surface area contributed by atoms with Crippen LogP contribution in [0.4, 0.5) is 4.79 Å². The van der Waals surface area contributed by atoms with E-state index in [4.69, 9.17) is 21.4 Å². The highest BCUT2D eigenvalue weighted by Crippen LogP contribution is 2.56. The number of hydrogen-bond donors (Lipinski definition) is 2. The monoisotopic (exact) mass is 324 g/mol. The molecule has 0 atom stereocenters. The maximum atomic E-state index is 11.9. The van der Waals surface area contributed by atoms with Crippen molar-refractivity contribution in [2.45, 2.75) is 44.4 Å². The van der Waals surface area contributed by atoms with Crippen LogP contribution in [0.2, 0.25) is 5.02 Å². The second kappa shape index (κ2) is 6.44. The lowest BCUT2D eigenvalue weighted by atomic mass is 9.53. The number of carbonyl (C=O) groups excluding carboxylic acids is 1. The van der Waals surface area contributed by atoms with Crippen LogP contribution in [0, 0.1) is 5.41 Å². The summed E-state index contributed by atoms with van der Waals surface area (Å²) in [4.78, 5) is 21.7. The van der Waals surface area contributed by atoms with Crippen LogP contribution >= 0.6 is 11.6 Å². The maximum Gasteiger partial charge on any atom is 0.315 e. The molecule has 0 bridgehead atoms. The third-order valence-corrected chi connectivity index (χ3v) is 4.87. The molecule has 1 aromatic carbocycles. The number of urea groups is 1. The van der Waals surface area contributed by atoms with Crippen molar-refractivity contribution in [3.63, 3.8) is 0 Å². The zero-order valence-electron chi connectivity index (χ0n) is 12.6. The van der Waals surface area contributed by atoms with Gasteiger partial charge in [0.25, 0.3) is 0 Å². The van der Waals surface area contributed by atoms with Gasteiger partial charge in [-0.15, -0.1) is 0 Å². The molecule has 5 nitrogen and oxygen atoms in total. The van der Waals surface area contributed by atoms with E-state index < -0.39 is 0 Å². The van der Waals surface area contributed by atoms with Gasteiger partial charge >= 0.3 is 6.03 Å². The summed E-state index contributed by atoms with van der Waals surface area (Å²) in [5.41, 5.74) is 1.40. The Morgan fingerprint density at radius 1 is 1.27 bits per heavy atom. The minimum atomic E-state index is -0.112. The number of nitrogens with one attached hydrogen (secondary N) is 2. The summed E-state index contributed by atoms with van der Waals surface area (Å²) in [5, 5.41) is 6.59. The molecule has 2 aliphatic carbocycles. The van der Waals surface area contributed by atoms with Crippen molar-refractivity contribution in [3.8, 4) is 0 Å². The van der Waals surface area contributed by atoms with E-state index in [0.717, 1.165) is 31.2 Å². The minimum absolute atomic E-state index is 0.112. The van der Waals surface area contributed by atoms with Crippen molar-refractivity contribution in [3.05, 3.63) is 34.9 Å². The van der Waals surface area contributed by atoms with Gasteiger partial charge in [0.05, 0.1) is 13.2 Å². The van der Waals surface area contributed by atoms with Gasteiger partial charge in [0, 0.05) is 17.6 Å². The highest BCUT2D eigenvalue weighted by molar-refractivity contribution is 6.30. The van der Waals surface area contributed by atoms with Gasteiger partial charge in [-0.25, -0.2) is 14.6 Å². The Balaban J connectivity index is 1.33. The van der Waals surface area contributed by atoms with E-state index >= 15 is 0 Å². The van der Waals surface area contributed by atoms with Crippen molar-refractivity contribution in [2.75, 3.05) is 7.11 Å². The summed E-state index contributed by atoms with van der Waals surface area (Å²) in [6.45, 7) is 0.505. The van der Waals surface area contributed by atoms with Crippen LogP contribution in [-0.4, -0.2) is 25.3 Å². The standard InChI is InChI=1S/C16H21ClN2O3/c1-21-22-14-8-16(9-14)6-13(7-16)19-15(20)18-10-11-2-4-12(17)5-3-11/h2-5,13-14H,6-10H2,1H3,(H2,18,19,20). The summed E-state index contributed by atoms with van der Waals surface area (Å²) in [6, 6.07) is 7.62. The van der Waals surface area contributed by atoms with Gasteiger partial charge < -0.3 is 10.6 Å². The summed E-state index contributed by atoms with van der Waals surface area (Å²) < 4.78 is 0. The molecule has 2 amide bonds. The third-order valence-electron chi connectivity index (χ3n) is 4.61. The van der Waals surface area contributed by atoms with E-state index in [9.17, 15) is 4.79 Å². The molecular weight excluding hydrogens is 304 g/mol. The fourth-order valence-electron chi connectivity index (χ4n) is 3.55. The molecule has 0 heterocycles. The Morgan fingerprint density at radius 3 is 2.59 bits per heavy atom. The maximum absolute atomic E-state index is 11.9. The normalized spacial score (nSPS) is 29.5. The lowest BCUT2D eigenvalue weighted by molar-refractivity contribution is -0.340. The Hall–Kier alpha value is -1.30. The van der Waals surface area contributed by atoms with Gasteiger partial charge in [0.2, 0.25) is 0 Å². The molecule has 120 valence electrons. The van der Waals surface area contributed by atoms with Crippen LogP contribution in [0.5, 0.6) is 0 Å². The Morgan fingerprint density at radius 2 is 1.95 bits per heavy atom. The van der Waals surface area contributed by atoms with Crippen LogP contribution in [-0.2, 0) is 16.3 Å². The highest BCUT2D eigenvalue weighted by atomic mass is 35.5. The van der Waals surface area contributed by atoms with Crippen LogP contribution < -0.4 is 10.6 Å². The fraction of sp³-hybridized carbons (Fsp3) is 0.562. The Kier molecular flexibility index (Phi) is 4.57. The van der Waals surface area contributed by atoms with Crippen LogP contribution in [0.1, 0.15) is 31.2 Å². The van der Waals surface area contributed by atoms with Crippen molar-refractivity contribution >= 4 is 17.6 Å². The quantitative estimate of drug-likeness (QED) is 0.646. The first-order valence-electron chi connectivity index (χ1n) is 7.57. The van der Waals surface area contributed by atoms with Gasteiger partial charge in [-0.2, -0.15) is 0 Å². The molecule has 0 saturated heterocycles. The first-order valence-corrected chi connectivity index (χ1v) is 7.95. The van der Waals surface area contributed by atoms with E-state index in [1.54, 1.807) is 7.11 Å². The zero-order chi connectivity index (χ0) is 15.6. The van der Waals surface area contributed by atoms with Gasteiger partial charge in [-0.3, -0.25) is 0 Å². The minimum Gasteiger partial charge on any atom is -0.335 e. The second-order valence-electron chi connectivity index (χ2n) is 6.35. The average molecular weight is 325 g/mol. The first-order chi connectivity index (χ1) is 10.6. The van der Waals surface area contributed by atoms with E-state index in [1.807, 2.05) is 24.3 Å². The van der Waals surface area contributed by atoms with Crippen molar-refractivity contribution in [2.24, 2.45) is 5.41 Å². The molecule has 1 spiro atoms. The summed E-state index contributed by atoms with van der Waals surface area (Å²) in [7, 11) is 1.54. The van der Waals surface area contributed by atoms with Crippen molar-refractivity contribution in [1.29, 1.82) is 0 Å². The fourth-order valence-corrected chi connectivity index (χ4v) is 3.68. The van der Waals surface area contributed by atoms with Gasteiger partial charge in [0.15, 0.2) is 0 Å². The second-order valence-corrected chi connectivity index (χ2v) is 6.79. The molecule has 2 fully saturated rings. The molecule has 0 radical (unpaired) electrons. The summed E-state index contributed by atoms with van der Waals surface area (Å²) >= 11 is 5.83. The molecule has 2 N–H and O–H groups in total. The average Bonchev–Trinajstić information content (AvgIpc) is 2.42. The van der Waals surface area contributed by atoms with E-state index in [-0.39, 0.29) is 18.2 Å². The van der Waals surface area contributed by atoms with Crippen molar-refractivity contribution in [1.82, 2.24) is 10.6 Å². The number of carbonyl (C=O) groups is 1. The Labute approximate surface area is 135 Å². The van der Waals surface area contributed by atoms with Gasteiger partial charge in [0.1, 0.15) is 0 Å². The van der Waals surface area contributed by atoms with Crippen LogP contribution in [0.25, 0.3) is 0 Å². The first kappa shape index (κ1) is 15.6. The van der Waals surface area contributed by atoms with E-state index in [2.05, 4.69) is 10.6 Å². The number of benzene rings is 1. The summed E-state index contributed by atoms with van der Waals surface area (Å²) in [6.07, 6.45) is 4.36. The third kappa shape index (κ3) is 3.54. The molecule has 6 heteroatoms. The molecule has 2 saturated carbocycles. The van der Waals surface area contributed by atoms with Gasteiger partial charge in [-0.1, -0.05) is 23.7 Å². The lowest BCUT2D eigenvalue weighted by Gasteiger charge is -2.56. The lowest BCUT2D eigenvalue weighted by Crippen LogP contribution is -2.59. The molecule has 0 aliphatic heterocycles. The number of rotatable bonds is 5. The van der Waals surface area contributed by atoms with Gasteiger partial charge in [-0.05, 0) is 48.8 Å². The molecule has 0 aromatic heterocycles. The van der Waals surface area contributed by atoms with Crippen molar-refractivity contribution < 1.29 is 14.6 Å². The molecule has 0 unspecified atom stereocenters. The van der Waals surface area contributed by atoms with E-state index in [0.29, 0.717) is 17.0 Å². The molecular formula is C16H21ClN2O3. The number of halogens is 1. The predicted octanol–water partition coefficient (Wildman–Crippen LogP) is 3.03. The highest BCUT2D eigenvalue weighted by Gasteiger charge is 2.54. The molecule has 3 rings (SSSR count). The molecule has 22 heavy (non-hydrogen) atoms. The number of hydrogen-bond acceptors (Lipinski definition) is 3. The Bertz CT molecular complexity index is 521. The summed E-state index contributed by atoms with van der Waals surface area (Å²) in [5.74, 6) is 0. The smallest absolute Gasteiger partial charge is 0.315 e. The largest absolute Gasteiger partial charge is 0.335 e. The topological polar surface area (TPSA) is 59.6 Å². The SMILES string of the molecule is COOC1CC2(CC(NC(=O)NCc3ccc(Cl)cc3)C2)C1.